The molecule has 92 valence electrons. The van der Waals surface area contributed by atoms with E-state index in [-0.39, 0.29) is 5.91 Å². The normalized spacial score (nSPS) is 20.0. The summed E-state index contributed by atoms with van der Waals surface area (Å²) in [7, 11) is 0. The summed E-state index contributed by atoms with van der Waals surface area (Å²) in [4.78, 5) is 12.6. The van der Waals surface area contributed by atoms with E-state index in [9.17, 15) is 4.79 Å². The van der Waals surface area contributed by atoms with E-state index in [1.54, 1.807) is 11.8 Å². The molecule has 0 radical (unpaired) electrons. The zero-order valence-corrected chi connectivity index (χ0v) is 12.2. The molecule has 0 spiro atoms. The fraction of sp³-hybridized carbons (Fsp3) is 0.417. The maximum atomic E-state index is 11.5. The molecule has 0 fully saturated rings. The average molecular weight is 315 g/mol. The number of carbonyl (C=O) groups is 1. The standard InChI is InChI=1S/C12H15BrN2OS/c1-3-6(2)17-10-5-9-7(4-8(10)13)11(14)12(16)15-9/h4-6,11H,3,14H2,1-2H3,(H,15,16). The summed E-state index contributed by atoms with van der Waals surface area (Å²) >= 11 is 5.34. The molecule has 0 aliphatic carbocycles. The van der Waals surface area contributed by atoms with E-state index in [0.717, 1.165) is 27.0 Å². The van der Waals surface area contributed by atoms with Crippen molar-refractivity contribution in [3.05, 3.63) is 22.2 Å². The zero-order chi connectivity index (χ0) is 12.6. The van der Waals surface area contributed by atoms with Gasteiger partial charge in [-0.25, -0.2) is 0 Å². The Hall–Kier alpha value is -0.520. The van der Waals surface area contributed by atoms with Crippen molar-refractivity contribution in [1.29, 1.82) is 0 Å². The molecule has 0 saturated carbocycles. The van der Waals surface area contributed by atoms with Crippen molar-refractivity contribution in [1.82, 2.24) is 0 Å². The van der Waals surface area contributed by atoms with Gasteiger partial charge in [-0.3, -0.25) is 4.79 Å². The number of fused-ring (bicyclic) bond motifs is 1. The summed E-state index contributed by atoms with van der Waals surface area (Å²) in [6.07, 6.45) is 1.11. The van der Waals surface area contributed by atoms with Crippen molar-refractivity contribution in [2.75, 3.05) is 5.32 Å². The molecular weight excluding hydrogens is 300 g/mol. The number of hydrogen-bond acceptors (Lipinski definition) is 3. The van der Waals surface area contributed by atoms with Crippen LogP contribution in [-0.4, -0.2) is 11.2 Å². The number of carbonyl (C=O) groups excluding carboxylic acids is 1. The highest BCUT2D eigenvalue weighted by atomic mass is 79.9. The number of amides is 1. The monoisotopic (exact) mass is 314 g/mol. The number of thioether (sulfide) groups is 1. The lowest BCUT2D eigenvalue weighted by atomic mass is 10.1. The fourth-order valence-electron chi connectivity index (χ4n) is 1.68. The lowest BCUT2D eigenvalue weighted by molar-refractivity contribution is -0.116. The topological polar surface area (TPSA) is 55.1 Å². The second kappa shape index (κ2) is 5.00. The Morgan fingerprint density at radius 2 is 2.29 bits per heavy atom. The third-order valence-electron chi connectivity index (χ3n) is 2.88. The number of anilines is 1. The summed E-state index contributed by atoms with van der Waals surface area (Å²) in [5.41, 5.74) is 7.51. The molecule has 17 heavy (non-hydrogen) atoms. The summed E-state index contributed by atoms with van der Waals surface area (Å²) in [5, 5.41) is 3.36. The van der Waals surface area contributed by atoms with E-state index in [4.69, 9.17) is 5.73 Å². The van der Waals surface area contributed by atoms with Crippen molar-refractivity contribution >= 4 is 39.3 Å². The molecule has 3 N–H and O–H groups in total. The highest BCUT2D eigenvalue weighted by molar-refractivity contribution is 9.10. The maximum absolute atomic E-state index is 11.5. The number of nitrogens with one attached hydrogen (secondary N) is 1. The number of nitrogens with two attached hydrogens (primary N) is 1. The van der Waals surface area contributed by atoms with Gasteiger partial charge in [-0.05, 0) is 34.5 Å². The van der Waals surface area contributed by atoms with Crippen LogP contribution in [0.2, 0.25) is 0 Å². The smallest absolute Gasteiger partial charge is 0.245 e. The Balaban J connectivity index is 2.33. The average Bonchev–Trinajstić information content (AvgIpc) is 2.56. The van der Waals surface area contributed by atoms with Gasteiger partial charge in [0, 0.05) is 25.9 Å². The predicted octanol–water partition coefficient (Wildman–Crippen LogP) is 3.29. The molecule has 0 bridgehead atoms. The van der Waals surface area contributed by atoms with Crippen LogP contribution in [0, 0.1) is 0 Å². The first-order valence-corrected chi connectivity index (χ1v) is 7.26. The molecule has 1 amide bonds. The Morgan fingerprint density at radius 3 is 2.94 bits per heavy atom. The molecule has 1 aromatic rings. The third-order valence-corrected chi connectivity index (χ3v) is 5.13. The van der Waals surface area contributed by atoms with E-state index in [1.165, 1.54) is 0 Å². The lowest BCUT2D eigenvalue weighted by Crippen LogP contribution is -2.19. The number of hydrogen-bond donors (Lipinski definition) is 2. The van der Waals surface area contributed by atoms with E-state index in [1.807, 2.05) is 12.1 Å². The first-order chi connectivity index (χ1) is 8.02. The van der Waals surface area contributed by atoms with Crippen LogP contribution in [0.25, 0.3) is 0 Å². The third kappa shape index (κ3) is 2.51. The molecule has 1 aromatic carbocycles. The van der Waals surface area contributed by atoms with E-state index in [0.29, 0.717) is 5.25 Å². The molecule has 1 heterocycles. The summed E-state index contributed by atoms with van der Waals surface area (Å²) in [5.74, 6) is -0.127. The lowest BCUT2D eigenvalue weighted by Gasteiger charge is -2.12. The SMILES string of the molecule is CCC(C)Sc1cc2c(cc1Br)C(N)C(=O)N2. The molecule has 2 atom stereocenters. The van der Waals surface area contributed by atoms with Crippen molar-refractivity contribution < 1.29 is 4.79 Å². The van der Waals surface area contributed by atoms with Crippen molar-refractivity contribution in [2.24, 2.45) is 5.73 Å². The molecule has 1 aliphatic rings. The molecule has 1 aliphatic heterocycles. The van der Waals surface area contributed by atoms with E-state index >= 15 is 0 Å². The van der Waals surface area contributed by atoms with Gasteiger partial charge in [0.05, 0.1) is 0 Å². The first kappa shape index (κ1) is 12.9. The molecule has 0 saturated heterocycles. The van der Waals surface area contributed by atoms with Gasteiger partial charge in [0.2, 0.25) is 5.91 Å². The van der Waals surface area contributed by atoms with Gasteiger partial charge in [0.1, 0.15) is 6.04 Å². The second-order valence-electron chi connectivity index (χ2n) is 4.17. The zero-order valence-electron chi connectivity index (χ0n) is 9.79. The second-order valence-corrected chi connectivity index (χ2v) is 6.51. The number of rotatable bonds is 3. The Labute approximate surface area is 114 Å². The largest absolute Gasteiger partial charge is 0.324 e. The molecule has 2 unspecified atom stereocenters. The van der Waals surface area contributed by atoms with Crippen molar-refractivity contribution in [3.63, 3.8) is 0 Å². The Kier molecular flexibility index (Phi) is 3.80. The predicted molar refractivity (Wildman–Crippen MR) is 75.3 cm³/mol. The molecule has 2 rings (SSSR count). The molecule has 3 nitrogen and oxygen atoms in total. The highest BCUT2D eigenvalue weighted by Gasteiger charge is 2.28. The van der Waals surface area contributed by atoms with Crippen molar-refractivity contribution in [2.45, 2.75) is 36.5 Å². The molecule has 5 heteroatoms. The van der Waals surface area contributed by atoms with E-state index in [2.05, 4.69) is 35.1 Å². The molecular formula is C12H15BrN2OS. The first-order valence-electron chi connectivity index (χ1n) is 5.59. The van der Waals surface area contributed by atoms with Crippen LogP contribution in [0.3, 0.4) is 0 Å². The van der Waals surface area contributed by atoms with Gasteiger partial charge in [0.15, 0.2) is 0 Å². The van der Waals surface area contributed by atoms with Crippen LogP contribution < -0.4 is 11.1 Å². The van der Waals surface area contributed by atoms with Crippen LogP contribution >= 0.6 is 27.7 Å². The van der Waals surface area contributed by atoms with Crippen LogP contribution in [0.15, 0.2) is 21.5 Å². The van der Waals surface area contributed by atoms with Crippen molar-refractivity contribution in [3.8, 4) is 0 Å². The van der Waals surface area contributed by atoms with Crippen LogP contribution in [-0.2, 0) is 4.79 Å². The van der Waals surface area contributed by atoms with Gasteiger partial charge in [-0.1, -0.05) is 13.8 Å². The van der Waals surface area contributed by atoms with Crippen LogP contribution in [0.1, 0.15) is 31.9 Å². The summed E-state index contributed by atoms with van der Waals surface area (Å²) in [6, 6.07) is 3.41. The van der Waals surface area contributed by atoms with Gasteiger partial charge < -0.3 is 11.1 Å². The minimum absolute atomic E-state index is 0.127. The summed E-state index contributed by atoms with van der Waals surface area (Å²) in [6.45, 7) is 4.35. The van der Waals surface area contributed by atoms with Gasteiger partial charge >= 0.3 is 0 Å². The minimum atomic E-state index is -0.538. The molecule has 0 aromatic heterocycles. The quantitative estimate of drug-likeness (QED) is 0.842. The van der Waals surface area contributed by atoms with Crippen LogP contribution in [0.5, 0.6) is 0 Å². The Bertz CT molecular complexity index is 464. The minimum Gasteiger partial charge on any atom is -0.324 e. The van der Waals surface area contributed by atoms with Gasteiger partial charge in [0.25, 0.3) is 0 Å². The van der Waals surface area contributed by atoms with Crippen LogP contribution in [0.4, 0.5) is 5.69 Å². The highest BCUT2D eigenvalue weighted by Crippen LogP contribution is 2.39. The van der Waals surface area contributed by atoms with E-state index < -0.39 is 6.04 Å². The number of halogens is 1. The fourth-order valence-corrected chi connectivity index (χ4v) is 3.28. The maximum Gasteiger partial charge on any atom is 0.245 e. The van der Waals surface area contributed by atoms with Gasteiger partial charge in [-0.15, -0.1) is 11.8 Å². The Morgan fingerprint density at radius 1 is 1.59 bits per heavy atom. The number of benzene rings is 1. The van der Waals surface area contributed by atoms with Gasteiger partial charge in [-0.2, -0.15) is 0 Å². The summed E-state index contributed by atoms with van der Waals surface area (Å²) < 4.78 is 1.01.